The van der Waals surface area contributed by atoms with Gasteiger partial charge in [-0.2, -0.15) is 0 Å². The van der Waals surface area contributed by atoms with E-state index in [4.69, 9.17) is 14.9 Å². The Morgan fingerprint density at radius 3 is 2.55 bits per heavy atom. The molecule has 2 N–H and O–H groups in total. The van der Waals surface area contributed by atoms with Crippen LogP contribution < -0.4 is 4.74 Å². The van der Waals surface area contributed by atoms with Gasteiger partial charge in [-0.1, -0.05) is 15.9 Å². The van der Waals surface area contributed by atoms with Crippen LogP contribution in [0.25, 0.3) is 6.08 Å². The minimum Gasteiger partial charge on any atom is -0.492 e. The quantitative estimate of drug-likeness (QED) is 0.776. The van der Waals surface area contributed by atoms with Crippen LogP contribution >= 0.6 is 15.9 Å². The summed E-state index contributed by atoms with van der Waals surface area (Å²) in [6.07, 6.45) is 2.45. The second-order valence-electron chi connectivity index (χ2n) is 4.83. The lowest BCUT2D eigenvalue weighted by Crippen LogP contribution is -2.30. The third-order valence-corrected chi connectivity index (χ3v) is 3.27. The fourth-order valence-electron chi connectivity index (χ4n) is 1.23. The fraction of sp³-hybridized carbons (Fsp3) is 0.286. The molecule has 6 heteroatoms. The van der Waals surface area contributed by atoms with Crippen molar-refractivity contribution in [3.8, 4) is 5.75 Å². The highest BCUT2D eigenvalue weighted by Gasteiger charge is 2.28. The lowest BCUT2D eigenvalue weighted by Gasteiger charge is -2.19. The van der Waals surface area contributed by atoms with Crippen molar-refractivity contribution < 1.29 is 24.5 Å². The van der Waals surface area contributed by atoms with E-state index in [9.17, 15) is 9.59 Å². The van der Waals surface area contributed by atoms with Gasteiger partial charge < -0.3 is 14.9 Å². The Balaban J connectivity index is 2.85. The van der Waals surface area contributed by atoms with E-state index in [1.807, 2.05) is 0 Å². The first-order valence-corrected chi connectivity index (χ1v) is 6.58. The zero-order chi connectivity index (χ0) is 15.3. The molecule has 0 bridgehead atoms. The maximum atomic E-state index is 11.0. The number of carbonyl (C=O) groups is 2. The number of benzene rings is 1. The van der Waals surface area contributed by atoms with Crippen LogP contribution in [0.4, 0.5) is 0 Å². The summed E-state index contributed by atoms with van der Waals surface area (Å²) in [5, 5.41) is 17.6. The van der Waals surface area contributed by atoms with E-state index in [1.165, 1.54) is 6.08 Å². The average molecular weight is 343 g/mol. The van der Waals surface area contributed by atoms with Crippen molar-refractivity contribution in [3.05, 3.63) is 34.3 Å². The van der Waals surface area contributed by atoms with Crippen molar-refractivity contribution in [2.24, 2.45) is 5.41 Å². The van der Waals surface area contributed by atoms with Gasteiger partial charge in [-0.3, -0.25) is 4.79 Å². The van der Waals surface area contributed by atoms with E-state index in [-0.39, 0.29) is 6.61 Å². The molecule has 0 radical (unpaired) electrons. The molecule has 0 saturated heterocycles. The Kier molecular flexibility index (Phi) is 5.33. The van der Waals surface area contributed by atoms with E-state index >= 15 is 0 Å². The third kappa shape index (κ3) is 4.70. The van der Waals surface area contributed by atoms with Gasteiger partial charge in [0.15, 0.2) is 0 Å². The lowest BCUT2D eigenvalue weighted by atomic mass is 9.95. The van der Waals surface area contributed by atoms with Gasteiger partial charge in [0.05, 0.1) is 5.41 Å². The van der Waals surface area contributed by atoms with Crippen LogP contribution in [0.3, 0.4) is 0 Å². The standard InChI is InChI=1S/C14H15BrO5/c1-14(2,13(18)19)8-20-10-4-5-11(15)9(7-10)3-6-12(16)17/h3-7H,8H2,1-2H3,(H,16,17)(H,18,19)/b6-3+. The summed E-state index contributed by atoms with van der Waals surface area (Å²) < 4.78 is 6.17. The van der Waals surface area contributed by atoms with Gasteiger partial charge in [-0.05, 0) is 43.7 Å². The number of aliphatic carboxylic acids is 2. The predicted molar refractivity (Wildman–Crippen MR) is 77.7 cm³/mol. The third-order valence-electron chi connectivity index (χ3n) is 2.55. The molecule has 1 aromatic carbocycles. The molecule has 108 valence electrons. The van der Waals surface area contributed by atoms with Crippen molar-refractivity contribution in [3.63, 3.8) is 0 Å². The minimum atomic E-state index is -1.05. The van der Waals surface area contributed by atoms with Crippen LogP contribution in [0.15, 0.2) is 28.7 Å². The Labute approximate surface area is 125 Å². The molecule has 0 atom stereocenters. The highest BCUT2D eigenvalue weighted by molar-refractivity contribution is 9.10. The van der Waals surface area contributed by atoms with Crippen molar-refractivity contribution in [2.75, 3.05) is 6.61 Å². The SMILES string of the molecule is CC(C)(COc1ccc(Br)c(/C=C/C(=O)O)c1)C(=O)O. The summed E-state index contributed by atoms with van der Waals surface area (Å²) in [6.45, 7) is 3.16. The van der Waals surface area contributed by atoms with Crippen LogP contribution in [0, 0.1) is 5.41 Å². The number of hydrogen-bond acceptors (Lipinski definition) is 3. The largest absolute Gasteiger partial charge is 0.492 e. The maximum Gasteiger partial charge on any atom is 0.328 e. The highest BCUT2D eigenvalue weighted by Crippen LogP contribution is 2.25. The van der Waals surface area contributed by atoms with Gasteiger partial charge in [0.1, 0.15) is 12.4 Å². The number of carboxylic acid groups (broad SMARTS) is 2. The molecule has 0 unspecified atom stereocenters. The van der Waals surface area contributed by atoms with Crippen LogP contribution in [0.1, 0.15) is 19.4 Å². The van der Waals surface area contributed by atoms with Gasteiger partial charge in [0, 0.05) is 10.5 Å². The van der Waals surface area contributed by atoms with Gasteiger partial charge >= 0.3 is 11.9 Å². The summed E-state index contributed by atoms with van der Waals surface area (Å²) >= 11 is 3.30. The molecule has 0 heterocycles. The second-order valence-corrected chi connectivity index (χ2v) is 5.69. The Morgan fingerprint density at radius 2 is 2.00 bits per heavy atom. The molecule has 1 rings (SSSR count). The predicted octanol–water partition coefficient (Wildman–Crippen LogP) is 3.04. The first kappa shape index (κ1) is 16.2. The van der Waals surface area contributed by atoms with Crippen LogP contribution in [-0.4, -0.2) is 28.8 Å². The van der Waals surface area contributed by atoms with Crippen molar-refractivity contribution in [1.29, 1.82) is 0 Å². The van der Waals surface area contributed by atoms with E-state index in [1.54, 1.807) is 32.0 Å². The number of hydrogen-bond donors (Lipinski definition) is 2. The van der Waals surface area contributed by atoms with E-state index < -0.39 is 17.4 Å². The normalized spacial score (nSPS) is 11.6. The van der Waals surface area contributed by atoms with Gasteiger partial charge in [0.2, 0.25) is 0 Å². The molecule has 0 fully saturated rings. The van der Waals surface area contributed by atoms with Gasteiger partial charge in [-0.15, -0.1) is 0 Å². The number of rotatable bonds is 6. The summed E-state index contributed by atoms with van der Waals surface area (Å²) in [5.74, 6) is -1.51. The Morgan fingerprint density at radius 1 is 1.35 bits per heavy atom. The van der Waals surface area contributed by atoms with Gasteiger partial charge in [0.25, 0.3) is 0 Å². The maximum absolute atomic E-state index is 11.0. The van der Waals surface area contributed by atoms with Crippen LogP contribution in [0.5, 0.6) is 5.75 Å². The van der Waals surface area contributed by atoms with Crippen LogP contribution in [-0.2, 0) is 9.59 Å². The lowest BCUT2D eigenvalue weighted by molar-refractivity contribution is -0.148. The zero-order valence-corrected chi connectivity index (χ0v) is 12.7. The molecular weight excluding hydrogens is 328 g/mol. The molecule has 0 aliphatic carbocycles. The molecular formula is C14H15BrO5. The first-order valence-electron chi connectivity index (χ1n) is 5.79. The molecule has 1 aromatic rings. The average Bonchev–Trinajstić information content (AvgIpc) is 2.36. The molecule has 0 aromatic heterocycles. The van der Waals surface area contributed by atoms with Crippen molar-refractivity contribution in [1.82, 2.24) is 0 Å². The van der Waals surface area contributed by atoms with Crippen molar-refractivity contribution in [2.45, 2.75) is 13.8 Å². The fourth-order valence-corrected chi connectivity index (χ4v) is 1.60. The van der Waals surface area contributed by atoms with E-state index in [0.29, 0.717) is 11.3 Å². The van der Waals surface area contributed by atoms with Crippen LogP contribution in [0.2, 0.25) is 0 Å². The topological polar surface area (TPSA) is 83.8 Å². The number of ether oxygens (including phenoxy) is 1. The number of carboxylic acids is 2. The van der Waals surface area contributed by atoms with Gasteiger partial charge in [-0.25, -0.2) is 4.79 Å². The molecule has 5 nitrogen and oxygen atoms in total. The van der Waals surface area contributed by atoms with Crippen molar-refractivity contribution >= 4 is 33.9 Å². The molecule has 0 amide bonds. The summed E-state index contributed by atoms with van der Waals surface area (Å²) in [7, 11) is 0. The molecule has 0 spiro atoms. The Bertz CT molecular complexity index is 548. The summed E-state index contributed by atoms with van der Waals surface area (Å²) in [6, 6.07) is 5.03. The Hall–Kier alpha value is -1.82. The smallest absolute Gasteiger partial charge is 0.328 e. The first-order chi connectivity index (χ1) is 9.22. The zero-order valence-electron chi connectivity index (χ0n) is 11.1. The number of halogens is 1. The summed E-state index contributed by atoms with van der Waals surface area (Å²) in [4.78, 5) is 21.5. The molecule has 20 heavy (non-hydrogen) atoms. The van der Waals surface area contributed by atoms with E-state index in [2.05, 4.69) is 15.9 Å². The highest BCUT2D eigenvalue weighted by atomic mass is 79.9. The minimum absolute atomic E-state index is 0.0199. The molecule has 0 saturated carbocycles. The molecule has 0 aliphatic rings. The van der Waals surface area contributed by atoms with E-state index in [0.717, 1.165) is 10.5 Å². The monoisotopic (exact) mass is 342 g/mol. The summed E-state index contributed by atoms with van der Waals surface area (Å²) in [5.41, 5.74) is -0.359. The second kappa shape index (κ2) is 6.56. The molecule has 0 aliphatic heterocycles.